The van der Waals surface area contributed by atoms with Crippen molar-refractivity contribution in [1.29, 1.82) is 0 Å². The fourth-order valence-corrected chi connectivity index (χ4v) is 4.48. The topological polar surface area (TPSA) is 17.2 Å². The molecule has 1 aliphatic rings. The van der Waals surface area contributed by atoms with Crippen molar-refractivity contribution >= 4 is 21.7 Å². The van der Waals surface area contributed by atoms with Crippen LogP contribution in [0.5, 0.6) is 5.75 Å². The largest absolute Gasteiger partial charge is 0.480 e. The smallest absolute Gasteiger partial charge is 0.242 e. The maximum absolute atomic E-state index is 6.08. The number of benzene rings is 3. The van der Waals surface area contributed by atoms with Gasteiger partial charge in [-0.2, -0.15) is 0 Å². The summed E-state index contributed by atoms with van der Waals surface area (Å²) in [7, 11) is 2.16. The Bertz CT molecular complexity index is 1290. The van der Waals surface area contributed by atoms with Gasteiger partial charge in [-0.15, -0.1) is 0 Å². The Morgan fingerprint density at radius 3 is 2.73 bits per heavy atom. The maximum atomic E-state index is 6.08. The Labute approximate surface area is 152 Å². The Morgan fingerprint density at radius 1 is 1.12 bits per heavy atom. The first-order valence-electron chi connectivity index (χ1n) is 9.35. The SMILES string of the molecule is CC[N+]1=c2ccc(=c3c4cccc5cccc(c54)n3C)cc2OCC1C. The van der Waals surface area contributed by atoms with Crippen molar-refractivity contribution in [3.8, 4) is 5.75 Å². The molecular formula is C23H23N2O+. The summed E-state index contributed by atoms with van der Waals surface area (Å²) in [6.07, 6.45) is 0. The van der Waals surface area contributed by atoms with E-state index in [0.29, 0.717) is 6.04 Å². The van der Waals surface area contributed by atoms with Crippen LogP contribution in [0.3, 0.4) is 0 Å². The minimum Gasteiger partial charge on any atom is -0.480 e. The first kappa shape index (κ1) is 15.4. The second-order valence-corrected chi connectivity index (χ2v) is 7.22. The van der Waals surface area contributed by atoms with E-state index in [9.17, 15) is 0 Å². The Balaban J connectivity index is 1.98. The van der Waals surface area contributed by atoms with Crippen LogP contribution in [0.4, 0.5) is 0 Å². The molecule has 2 heterocycles. The molecule has 0 saturated heterocycles. The van der Waals surface area contributed by atoms with Gasteiger partial charge < -0.3 is 9.30 Å². The van der Waals surface area contributed by atoms with E-state index in [-0.39, 0.29) is 0 Å². The van der Waals surface area contributed by atoms with E-state index < -0.39 is 0 Å². The van der Waals surface area contributed by atoms with Gasteiger partial charge in [0, 0.05) is 41.5 Å². The Hall–Kier alpha value is -2.81. The highest BCUT2D eigenvalue weighted by atomic mass is 16.5. The van der Waals surface area contributed by atoms with Crippen molar-refractivity contribution in [2.24, 2.45) is 7.05 Å². The summed E-state index contributed by atoms with van der Waals surface area (Å²) in [5.41, 5.74) is 1.27. The van der Waals surface area contributed by atoms with Crippen molar-refractivity contribution in [3.63, 3.8) is 0 Å². The normalized spacial score (nSPS) is 18.3. The summed E-state index contributed by atoms with van der Waals surface area (Å²) in [6.45, 7) is 6.16. The van der Waals surface area contributed by atoms with Crippen molar-refractivity contribution < 1.29 is 4.74 Å². The lowest BCUT2D eigenvalue weighted by atomic mass is 10.1. The van der Waals surface area contributed by atoms with Gasteiger partial charge in [0.15, 0.2) is 11.8 Å². The minimum atomic E-state index is 0.415. The van der Waals surface area contributed by atoms with Crippen LogP contribution < -0.4 is 14.7 Å². The second kappa shape index (κ2) is 5.60. The number of rotatable bonds is 1. The number of hydrogen-bond donors (Lipinski definition) is 0. The molecule has 3 heteroatoms. The summed E-state index contributed by atoms with van der Waals surface area (Å²) in [6, 6.07) is 20.2. The molecule has 1 atom stereocenters. The number of aryl methyl sites for hydroxylation is 1. The van der Waals surface area contributed by atoms with E-state index in [2.05, 4.69) is 84.6 Å². The molecule has 26 heavy (non-hydrogen) atoms. The molecule has 130 valence electrons. The lowest BCUT2D eigenvalue weighted by Gasteiger charge is -2.17. The van der Waals surface area contributed by atoms with Gasteiger partial charge in [-0.3, -0.25) is 0 Å². The first-order chi connectivity index (χ1) is 12.7. The number of fused-ring (bicyclic) bond motifs is 1. The molecule has 0 spiro atoms. The monoisotopic (exact) mass is 343 g/mol. The molecular weight excluding hydrogens is 320 g/mol. The Kier molecular flexibility index (Phi) is 3.33. The fourth-order valence-electron chi connectivity index (χ4n) is 4.48. The summed E-state index contributed by atoms with van der Waals surface area (Å²) in [4.78, 5) is 0. The highest BCUT2D eigenvalue weighted by Crippen LogP contribution is 2.29. The molecule has 0 N–H and O–H groups in total. The molecule has 3 aromatic carbocycles. The van der Waals surface area contributed by atoms with E-state index in [1.54, 1.807) is 0 Å². The molecule has 3 nitrogen and oxygen atoms in total. The molecule has 0 fully saturated rings. The highest BCUT2D eigenvalue weighted by molar-refractivity contribution is 6.09. The zero-order valence-corrected chi connectivity index (χ0v) is 15.5. The number of ether oxygens (including phenoxy) is 1. The van der Waals surface area contributed by atoms with Crippen molar-refractivity contribution in [1.82, 2.24) is 9.14 Å². The van der Waals surface area contributed by atoms with Gasteiger partial charge in [0.2, 0.25) is 5.36 Å². The van der Waals surface area contributed by atoms with E-state index in [0.717, 1.165) is 18.9 Å². The summed E-state index contributed by atoms with van der Waals surface area (Å²) < 4.78 is 10.8. The minimum absolute atomic E-state index is 0.415. The van der Waals surface area contributed by atoms with Gasteiger partial charge in [0.25, 0.3) is 0 Å². The van der Waals surface area contributed by atoms with Gasteiger partial charge in [-0.1, -0.05) is 30.3 Å². The third-order valence-corrected chi connectivity index (χ3v) is 5.73. The third kappa shape index (κ3) is 2.03. The number of hydrogen-bond acceptors (Lipinski definition) is 1. The highest BCUT2D eigenvalue weighted by Gasteiger charge is 2.23. The number of nitrogens with zero attached hydrogens (tertiary/aromatic N) is 2. The molecule has 0 bridgehead atoms. The van der Waals surface area contributed by atoms with Crippen LogP contribution in [0, 0.1) is 10.6 Å². The molecule has 0 saturated carbocycles. The lowest BCUT2D eigenvalue weighted by molar-refractivity contribution is 0.227. The van der Waals surface area contributed by atoms with Gasteiger partial charge in [0.1, 0.15) is 13.2 Å². The van der Waals surface area contributed by atoms with Crippen LogP contribution in [0.2, 0.25) is 0 Å². The molecule has 1 aliphatic heterocycles. The second-order valence-electron chi connectivity index (χ2n) is 7.22. The molecule has 0 amide bonds. The van der Waals surface area contributed by atoms with Gasteiger partial charge in [-0.25, -0.2) is 4.58 Å². The molecule has 5 rings (SSSR count). The average Bonchev–Trinajstić information content (AvgIpc) is 2.96. The maximum Gasteiger partial charge on any atom is 0.242 e. The van der Waals surface area contributed by atoms with Crippen LogP contribution in [-0.4, -0.2) is 23.8 Å². The van der Waals surface area contributed by atoms with Gasteiger partial charge >= 0.3 is 0 Å². The van der Waals surface area contributed by atoms with Crippen LogP contribution in [0.25, 0.3) is 21.7 Å². The van der Waals surface area contributed by atoms with Crippen LogP contribution in [-0.2, 0) is 7.05 Å². The van der Waals surface area contributed by atoms with E-state index in [4.69, 9.17) is 4.74 Å². The molecule has 1 aromatic heterocycles. The quantitative estimate of drug-likeness (QED) is 0.483. The predicted molar refractivity (Wildman–Crippen MR) is 106 cm³/mol. The average molecular weight is 343 g/mol. The zero-order chi connectivity index (χ0) is 17.8. The third-order valence-electron chi connectivity index (χ3n) is 5.73. The van der Waals surface area contributed by atoms with E-state index in [1.165, 1.54) is 37.6 Å². The first-order valence-corrected chi connectivity index (χ1v) is 9.35. The molecule has 1 unspecified atom stereocenters. The van der Waals surface area contributed by atoms with Crippen molar-refractivity contribution in [3.05, 3.63) is 70.5 Å². The van der Waals surface area contributed by atoms with Crippen LogP contribution in [0.15, 0.2) is 54.6 Å². The fraction of sp³-hybridized carbons (Fsp3) is 0.261. The van der Waals surface area contributed by atoms with Crippen LogP contribution in [0.1, 0.15) is 13.8 Å². The Morgan fingerprint density at radius 2 is 1.92 bits per heavy atom. The number of likely N-dealkylation sites (N-methyl/N-ethyl adjacent to an activating group) is 1. The van der Waals surface area contributed by atoms with E-state index in [1.807, 2.05) is 0 Å². The summed E-state index contributed by atoms with van der Waals surface area (Å²) in [5, 5.41) is 7.60. The van der Waals surface area contributed by atoms with Gasteiger partial charge in [0.05, 0.1) is 5.35 Å². The van der Waals surface area contributed by atoms with Crippen molar-refractivity contribution in [2.45, 2.75) is 19.9 Å². The van der Waals surface area contributed by atoms with Gasteiger partial charge in [-0.05, 0) is 30.5 Å². The standard InChI is InChI=1S/C23H23N2O/c1-4-25-15(2)14-26-21-13-17(11-12-19(21)25)23-18-9-5-7-16-8-6-10-20(22(16)18)24(23)3/h5-13,15H,4,14H2,1-3H3/q+1. The van der Waals surface area contributed by atoms with E-state index >= 15 is 0 Å². The molecule has 0 aliphatic carbocycles. The lowest BCUT2D eigenvalue weighted by Crippen LogP contribution is -2.45. The predicted octanol–water partition coefficient (Wildman–Crippen LogP) is 3.63. The zero-order valence-electron chi connectivity index (χ0n) is 15.5. The van der Waals surface area contributed by atoms with Crippen molar-refractivity contribution in [2.75, 3.05) is 13.2 Å². The molecule has 0 radical (unpaired) electrons. The summed E-state index contributed by atoms with van der Waals surface area (Å²) in [5.74, 6) is 0.992. The number of aromatic nitrogens is 1. The summed E-state index contributed by atoms with van der Waals surface area (Å²) >= 11 is 0. The van der Waals surface area contributed by atoms with Crippen LogP contribution >= 0.6 is 0 Å². The molecule has 4 aromatic rings.